The van der Waals surface area contributed by atoms with Gasteiger partial charge in [-0.2, -0.15) is 0 Å². The van der Waals surface area contributed by atoms with E-state index in [0.717, 1.165) is 9.37 Å². The van der Waals surface area contributed by atoms with Crippen LogP contribution in [-0.4, -0.2) is 16.0 Å². The largest absolute Gasteiger partial charge is 0.440 e. The Hall–Kier alpha value is -1.47. The Kier molecular flexibility index (Phi) is 3.70. The van der Waals surface area contributed by atoms with E-state index in [1.807, 2.05) is 18.2 Å². The van der Waals surface area contributed by atoms with E-state index < -0.39 is 0 Å². The number of amidine groups is 1. The van der Waals surface area contributed by atoms with Gasteiger partial charge >= 0.3 is 0 Å². The predicted octanol–water partition coefficient (Wildman–Crippen LogP) is 2.68. The van der Waals surface area contributed by atoms with Gasteiger partial charge in [0.25, 0.3) is 5.22 Å². The van der Waals surface area contributed by atoms with E-state index in [2.05, 4.69) is 26.1 Å². The van der Waals surface area contributed by atoms with Gasteiger partial charge in [-0.25, -0.2) is 4.98 Å². The van der Waals surface area contributed by atoms with Crippen molar-refractivity contribution in [1.29, 1.82) is 0 Å². The zero-order valence-electron chi connectivity index (χ0n) is 8.50. The Labute approximate surface area is 110 Å². The molecule has 0 aliphatic rings. The van der Waals surface area contributed by atoms with Crippen molar-refractivity contribution < 1.29 is 9.62 Å². The number of oxazole rings is 1. The lowest BCUT2D eigenvalue weighted by atomic mass is 10.2. The summed E-state index contributed by atoms with van der Waals surface area (Å²) >= 11 is 4.66. The van der Waals surface area contributed by atoms with Gasteiger partial charge in [-0.1, -0.05) is 11.2 Å². The zero-order chi connectivity index (χ0) is 12.3. The molecule has 0 aliphatic carbocycles. The Morgan fingerprint density at radius 2 is 2.35 bits per heavy atom. The first-order valence-electron chi connectivity index (χ1n) is 4.56. The molecule has 0 amide bonds. The molecule has 0 atom stereocenters. The Morgan fingerprint density at radius 3 is 3.00 bits per heavy atom. The molecule has 0 spiro atoms. The lowest BCUT2D eigenvalue weighted by molar-refractivity contribution is 0.318. The second-order valence-corrected chi connectivity index (χ2v) is 4.85. The van der Waals surface area contributed by atoms with Crippen LogP contribution in [0.3, 0.4) is 0 Å². The molecule has 0 aliphatic heterocycles. The van der Waals surface area contributed by atoms with E-state index in [-0.39, 0.29) is 5.84 Å². The number of halogens is 1. The summed E-state index contributed by atoms with van der Waals surface area (Å²) in [4.78, 5) is 4.79. The summed E-state index contributed by atoms with van der Waals surface area (Å²) in [5.41, 5.74) is 6.24. The maximum atomic E-state index is 8.76. The molecule has 3 N–H and O–H groups in total. The molecular formula is C10H8BrN3O2S. The molecule has 0 fully saturated rings. The first-order chi connectivity index (χ1) is 8.22. The van der Waals surface area contributed by atoms with Crippen LogP contribution in [0, 0.1) is 0 Å². The number of hydrogen-bond acceptors (Lipinski definition) is 5. The molecule has 88 valence electrons. The second kappa shape index (κ2) is 5.24. The second-order valence-electron chi connectivity index (χ2n) is 3.00. The normalized spacial score (nSPS) is 11.7. The average Bonchev–Trinajstić information content (AvgIpc) is 2.81. The third-order valence-electron chi connectivity index (χ3n) is 1.95. The predicted molar refractivity (Wildman–Crippen MR) is 67.3 cm³/mol. The Balaban J connectivity index is 2.43. The molecule has 0 saturated heterocycles. The highest BCUT2D eigenvalue weighted by Gasteiger charge is 2.13. The van der Waals surface area contributed by atoms with Crippen LogP contribution in [-0.2, 0) is 0 Å². The quantitative estimate of drug-likeness (QED) is 0.394. The third-order valence-corrected chi connectivity index (χ3v) is 3.54. The molecule has 7 heteroatoms. The van der Waals surface area contributed by atoms with Crippen LogP contribution in [0.5, 0.6) is 0 Å². The van der Waals surface area contributed by atoms with Crippen molar-refractivity contribution in [3.05, 3.63) is 40.7 Å². The van der Waals surface area contributed by atoms with Gasteiger partial charge in [0.15, 0.2) is 5.84 Å². The van der Waals surface area contributed by atoms with E-state index in [9.17, 15) is 0 Å². The molecule has 2 aromatic rings. The molecule has 0 bridgehead atoms. The fraction of sp³-hybridized carbons (Fsp3) is 0. The Bertz CT molecular complexity index is 542. The summed E-state index contributed by atoms with van der Waals surface area (Å²) in [6.07, 6.45) is 3.05. The van der Waals surface area contributed by atoms with Crippen LogP contribution in [0.1, 0.15) is 5.56 Å². The first-order valence-corrected chi connectivity index (χ1v) is 6.17. The van der Waals surface area contributed by atoms with Crippen LogP contribution < -0.4 is 5.73 Å². The van der Waals surface area contributed by atoms with Crippen molar-refractivity contribution in [3.63, 3.8) is 0 Å². The highest BCUT2D eigenvalue weighted by molar-refractivity contribution is 9.10. The first kappa shape index (κ1) is 12.0. The molecule has 2 rings (SSSR count). The zero-order valence-corrected chi connectivity index (χ0v) is 10.9. The number of oxime groups is 1. The molecular weight excluding hydrogens is 306 g/mol. The summed E-state index contributed by atoms with van der Waals surface area (Å²) in [5.74, 6) is 0.0338. The topological polar surface area (TPSA) is 84.6 Å². The van der Waals surface area contributed by atoms with Gasteiger partial charge in [-0.05, 0) is 39.8 Å². The molecule has 17 heavy (non-hydrogen) atoms. The van der Waals surface area contributed by atoms with E-state index in [0.29, 0.717) is 10.8 Å². The fourth-order valence-electron chi connectivity index (χ4n) is 1.24. The number of aromatic nitrogens is 1. The number of hydrogen-bond donors (Lipinski definition) is 2. The van der Waals surface area contributed by atoms with Gasteiger partial charge in [0.1, 0.15) is 6.26 Å². The van der Waals surface area contributed by atoms with Crippen LogP contribution >= 0.6 is 27.7 Å². The van der Waals surface area contributed by atoms with Gasteiger partial charge in [0, 0.05) is 14.9 Å². The van der Waals surface area contributed by atoms with Crippen LogP contribution in [0.15, 0.2) is 54.8 Å². The van der Waals surface area contributed by atoms with Crippen LogP contribution in [0.25, 0.3) is 0 Å². The van der Waals surface area contributed by atoms with Crippen molar-refractivity contribution in [2.24, 2.45) is 10.9 Å². The highest BCUT2D eigenvalue weighted by Crippen LogP contribution is 2.32. The molecule has 0 saturated carbocycles. The van der Waals surface area contributed by atoms with Gasteiger partial charge in [0.05, 0.1) is 6.20 Å². The monoisotopic (exact) mass is 313 g/mol. The Morgan fingerprint density at radius 1 is 1.53 bits per heavy atom. The van der Waals surface area contributed by atoms with Crippen LogP contribution in [0.2, 0.25) is 0 Å². The minimum atomic E-state index is 0.0338. The van der Waals surface area contributed by atoms with Crippen molar-refractivity contribution in [3.8, 4) is 0 Å². The maximum absolute atomic E-state index is 8.76. The molecule has 1 aromatic heterocycles. The maximum Gasteiger partial charge on any atom is 0.260 e. The summed E-state index contributed by atoms with van der Waals surface area (Å²) in [7, 11) is 0. The van der Waals surface area contributed by atoms with Crippen LogP contribution in [0.4, 0.5) is 0 Å². The summed E-state index contributed by atoms with van der Waals surface area (Å²) in [6, 6.07) is 5.50. The minimum absolute atomic E-state index is 0.0338. The number of nitrogens with two attached hydrogens (primary N) is 1. The standard InChI is InChI=1S/C10H8BrN3O2S/c11-6-2-1-3-7(8(6)9(12)14-15)17-10-13-4-5-16-10/h1-5,15H,(H2,12,14). The van der Waals surface area contributed by atoms with E-state index in [4.69, 9.17) is 15.4 Å². The summed E-state index contributed by atoms with van der Waals surface area (Å²) in [5, 5.41) is 12.3. The lowest BCUT2D eigenvalue weighted by Crippen LogP contribution is -2.15. The molecule has 0 radical (unpaired) electrons. The highest BCUT2D eigenvalue weighted by atomic mass is 79.9. The lowest BCUT2D eigenvalue weighted by Gasteiger charge is -2.07. The third kappa shape index (κ3) is 2.62. The van der Waals surface area contributed by atoms with Crippen molar-refractivity contribution in [2.45, 2.75) is 10.1 Å². The smallest absolute Gasteiger partial charge is 0.260 e. The fourth-order valence-corrected chi connectivity index (χ4v) is 2.81. The minimum Gasteiger partial charge on any atom is -0.440 e. The SMILES string of the molecule is N/C(=N/O)c1c(Br)cccc1Sc1ncco1. The summed E-state index contributed by atoms with van der Waals surface area (Å²) in [6.45, 7) is 0. The molecule has 5 nitrogen and oxygen atoms in total. The van der Waals surface area contributed by atoms with Gasteiger partial charge in [-0.15, -0.1) is 0 Å². The van der Waals surface area contributed by atoms with Gasteiger partial charge < -0.3 is 15.4 Å². The number of nitrogens with zero attached hydrogens (tertiary/aromatic N) is 2. The van der Waals surface area contributed by atoms with E-state index in [1.54, 1.807) is 6.20 Å². The van der Waals surface area contributed by atoms with Crippen molar-refractivity contribution >= 4 is 33.5 Å². The van der Waals surface area contributed by atoms with E-state index >= 15 is 0 Å². The molecule has 0 unspecified atom stereocenters. The summed E-state index contributed by atoms with van der Waals surface area (Å²) < 4.78 is 5.88. The van der Waals surface area contributed by atoms with Gasteiger partial charge in [0.2, 0.25) is 0 Å². The van der Waals surface area contributed by atoms with Crippen molar-refractivity contribution in [2.75, 3.05) is 0 Å². The molecule has 1 heterocycles. The van der Waals surface area contributed by atoms with E-state index in [1.165, 1.54) is 18.0 Å². The van der Waals surface area contributed by atoms with Crippen molar-refractivity contribution in [1.82, 2.24) is 4.98 Å². The molecule has 1 aromatic carbocycles. The number of benzene rings is 1. The average molecular weight is 314 g/mol. The number of rotatable bonds is 3. The van der Waals surface area contributed by atoms with Gasteiger partial charge in [-0.3, -0.25) is 0 Å².